The third kappa shape index (κ3) is 6.03. The minimum absolute atomic E-state index is 0.0479. The molecule has 0 radical (unpaired) electrons. The van der Waals surface area contributed by atoms with E-state index in [2.05, 4.69) is 0 Å². The molecule has 10 heteroatoms. The third-order valence-corrected chi connectivity index (χ3v) is 6.19. The molecule has 1 aliphatic heterocycles. The van der Waals surface area contributed by atoms with Crippen LogP contribution in [0.1, 0.15) is 38.8 Å². The Morgan fingerprint density at radius 1 is 1.03 bits per heavy atom. The SMILES string of the molecule is CCOC(=O)N1C=C(c2ccccc2)N(N(C(C)=O)[C@@H](Cc2ccccc2)C(O)C(=O)O)C(=O)C1C(C)C. The molecule has 0 saturated heterocycles. The number of aliphatic hydroxyl groups excluding tert-OH is 1. The van der Waals surface area contributed by atoms with Crippen molar-refractivity contribution in [1.29, 1.82) is 0 Å². The molecule has 0 bridgehead atoms. The zero-order valence-electron chi connectivity index (χ0n) is 21.9. The minimum atomic E-state index is -2.01. The average Bonchev–Trinajstić information content (AvgIpc) is 2.89. The van der Waals surface area contributed by atoms with Crippen molar-refractivity contribution < 1.29 is 34.1 Å². The number of aliphatic carboxylic acids is 1. The lowest BCUT2D eigenvalue weighted by molar-refractivity contribution is -0.174. The molecule has 2 aromatic rings. The number of hydrogen-bond acceptors (Lipinski definition) is 6. The molecular formula is C28H33N3O7. The zero-order chi connectivity index (χ0) is 28.0. The molecule has 0 spiro atoms. The molecule has 0 saturated carbocycles. The largest absolute Gasteiger partial charge is 0.479 e. The maximum atomic E-state index is 14.2. The van der Waals surface area contributed by atoms with Crippen LogP contribution < -0.4 is 0 Å². The standard InChI is InChI=1S/C28H33N3O7/c1-5-38-28(37)29-17-23(21-14-10-7-11-15-21)31(26(34)24(29)18(2)3)30(19(4)32)22(25(33)27(35)36)16-20-12-8-6-9-13-20/h6-15,17-18,22,24-25,33H,5,16H2,1-4H3,(H,35,36)/t22-,24?,25?/m0/s1. The first-order valence-corrected chi connectivity index (χ1v) is 12.4. The van der Waals surface area contributed by atoms with Crippen LogP contribution in [0.4, 0.5) is 4.79 Å². The Hall–Kier alpha value is -4.18. The van der Waals surface area contributed by atoms with E-state index < -0.39 is 48.0 Å². The van der Waals surface area contributed by atoms with Crippen molar-refractivity contribution in [3.05, 3.63) is 78.0 Å². The Balaban J connectivity index is 2.25. The summed E-state index contributed by atoms with van der Waals surface area (Å²) in [5, 5.41) is 22.6. The molecule has 1 heterocycles. The van der Waals surface area contributed by atoms with Crippen molar-refractivity contribution in [2.45, 2.75) is 52.3 Å². The van der Waals surface area contributed by atoms with E-state index in [0.29, 0.717) is 11.1 Å². The highest BCUT2D eigenvalue weighted by Gasteiger charge is 2.47. The molecule has 0 aromatic heterocycles. The number of carboxylic acid groups (broad SMARTS) is 1. The lowest BCUT2D eigenvalue weighted by Crippen LogP contribution is -2.64. The van der Waals surface area contributed by atoms with Gasteiger partial charge in [0.25, 0.3) is 5.91 Å². The number of rotatable bonds is 9. The molecule has 0 fully saturated rings. The monoisotopic (exact) mass is 523 g/mol. The number of benzene rings is 2. The lowest BCUT2D eigenvalue weighted by atomic mass is 9.97. The fourth-order valence-corrected chi connectivity index (χ4v) is 4.50. The molecule has 2 aromatic carbocycles. The van der Waals surface area contributed by atoms with Gasteiger partial charge in [0, 0.05) is 18.7 Å². The maximum Gasteiger partial charge on any atom is 0.414 e. The molecule has 10 nitrogen and oxygen atoms in total. The highest BCUT2D eigenvalue weighted by molar-refractivity contribution is 5.97. The Bertz CT molecular complexity index is 1180. The molecule has 38 heavy (non-hydrogen) atoms. The van der Waals surface area contributed by atoms with Gasteiger partial charge in [-0.1, -0.05) is 74.5 Å². The van der Waals surface area contributed by atoms with Crippen molar-refractivity contribution in [2.75, 3.05) is 6.61 Å². The molecule has 202 valence electrons. The van der Waals surface area contributed by atoms with Crippen molar-refractivity contribution in [2.24, 2.45) is 5.92 Å². The quantitative estimate of drug-likeness (QED) is 0.517. The molecule has 2 N–H and O–H groups in total. The first kappa shape index (κ1) is 28.4. The summed E-state index contributed by atoms with van der Waals surface area (Å²) in [6.07, 6.45) is -1.35. The molecular weight excluding hydrogens is 490 g/mol. The summed E-state index contributed by atoms with van der Waals surface area (Å²) in [7, 11) is 0. The van der Waals surface area contributed by atoms with Gasteiger partial charge in [0.15, 0.2) is 6.10 Å². The molecule has 2 unspecified atom stereocenters. The minimum Gasteiger partial charge on any atom is -0.479 e. The summed E-state index contributed by atoms with van der Waals surface area (Å²) >= 11 is 0. The van der Waals surface area contributed by atoms with Crippen LogP contribution in [-0.4, -0.2) is 73.8 Å². The lowest BCUT2D eigenvalue weighted by Gasteiger charge is -2.47. The van der Waals surface area contributed by atoms with Crippen LogP contribution >= 0.6 is 0 Å². The van der Waals surface area contributed by atoms with E-state index in [-0.39, 0.29) is 18.7 Å². The average molecular weight is 524 g/mol. The van der Waals surface area contributed by atoms with E-state index in [1.807, 2.05) is 0 Å². The number of aliphatic hydroxyl groups is 1. The molecule has 3 atom stereocenters. The van der Waals surface area contributed by atoms with Crippen molar-refractivity contribution in [1.82, 2.24) is 14.9 Å². The normalized spacial score (nSPS) is 17.1. The fraction of sp³-hybridized carbons (Fsp3) is 0.357. The van der Waals surface area contributed by atoms with Gasteiger partial charge in [0.1, 0.15) is 6.04 Å². The van der Waals surface area contributed by atoms with Gasteiger partial charge in [-0.05, 0) is 24.8 Å². The Labute approximate surface area is 221 Å². The number of carbonyl (C=O) groups excluding carboxylic acids is 3. The first-order chi connectivity index (χ1) is 18.1. The van der Waals surface area contributed by atoms with Crippen LogP contribution in [0.25, 0.3) is 5.70 Å². The van der Waals surface area contributed by atoms with Gasteiger partial charge < -0.3 is 14.9 Å². The van der Waals surface area contributed by atoms with Crippen molar-refractivity contribution in [3.8, 4) is 0 Å². The number of ether oxygens (including phenoxy) is 1. The molecule has 3 amide bonds. The van der Waals surface area contributed by atoms with Crippen LogP contribution in [0.2, 0.25) is 0 Å². The summed E-state index contributed by atoms with van der Waals surface area (Å²) in [5.74, 6) is -3.23. The van der Waals surface area contributed by atoms with Crippen molar-refractivity contribution >= 4 is 29.6 Å². The summed E-state index contributed by atoms with van der Waals surface area (Å²) in [6.45, 7) is 6.45. The molecule has 3 rings (SSSR count). The third-order valence-electron chi connectivity index (χ3n) is 6.19. The summed E-state index contributed by atoms with van der Waals surface area (Å²) < 4.78 is 5.21. The first-order valence-electron chi connectivity index (χ1n) is 12.4. The van der Waals surface area contributed by atoms with E-state index >= 15 is 0 Å². The summed E-state index contributed by atoms with van der Waals surface area (Å²) in [4.78, 5) is 53.5. The number of amides is 3. The van der Waals surface area contributed by atoms with Gasteiger partial charge in [-0.25, -0.2) is 19.6 Å². The predicted molar refractivity (Wildman–Crippen MR) is 139 cm³/mol. The number of nitrogens with zero attached hydrogens (tertiary/aromatic N) is 3. The van der Waals surface area contributed by atoms with Gasteiger partial charge >= 0.3 is 12.1 Å². The summed E-state index contributed by atoms with van der Waals surface area (Å²) in [5.41, 5.74) is 1.31. The van der Waals surface area contributed by atoms with Crippen LogP contribution in [-0.2, 0) is 25.5 Å². The Morgan fingerprint density at radius 2 is 1.61 bits per heavy atom. The van der Waals surface area contributed by atoms with E-state index in [1.54, 1.807) is 81.4 Å². The van der Waals surface area contributed by atoms with E-state index in [9.17, 15) is 29.4 Å². The fourth-order valence-electron chi connectivity index (χ4n) is 4.50. The predicted octanol–water partition coefficient (Wildman–Crippen LogP) is 3.13. The zero-order valence-corrected chi connectivity index (χ0v) is 21.9. The second-order valence-electron chi connectivity index (χ2n) is 9.23. The number of carboxylic acids is 1. The molecule has 0 aliphatic carbocycles. The Kier molecular flexibility index (Phi) is 9.25. The van der Waals surface area contributed by atoms with E-state index in [1.165, 1.54) is 18.0 Å². The number of hydrazine groups is 1. The highest BCUT2D eigenvalue weighted by Crippen LogP contribution is 2.34. The van der Waals surface area contributed by atoms with Crippen LogP contribution in [0.5, 0.6) is 0 Å². The van der Waals surface area contributed by atoms with Gasteiger partial charge in [0.2, 0.25) is 5.91 Å². The number of hydrogen-bond donors (Lipinski definition) is 2. The van der Waals surface area contributed by atoms with Gasteiger partial charge in [-0.2, -0.15) is 0 Å². The Morgan fingerprint density at radius 3 is 2.11 bits per heavy atom. The van der Waals surface area contributed by atoms with Crippen LogP contribution in [0, 0.1) is 5.92 Å². The van der Waals surface area contributed by atoms with Gasteiger partial charge in [0.05, 0.1) is 18.3 Å². The number of carbonyl (C=O) groups is 4. The summed E-state index contributed by atoms with van der Waals surface area (Å²) in [6, 6.07) is 15.0. The van der Waals surface area contributed by atoms with E-state index in [0.717, 1.165) is 10.0 Å². The van der Waals surface area contributed by atoms with E-state index in [4.69, 9.17) is 4.74 Å². The topological polar surface area (TPSA) is 128 Å². The van der Waals surface area contributed by atoms with Gasteiger partial charge in [-0.3, -0.25) is 14.5 Å². The van der Waals surface area contributed by atoms with Crippen LogP contribution in [0.3, 0.4) is 0 Å². The van der Waals surface area contributed by atoms with Crippen molar-refractivity contribution in [3.63, 3.8) is 0 Å². The maximum absolute atomic E-state index is 14.2. The second kappa shape index (κ2) is 12.4. The second-order valence-corrected chi connectivity index (χ2v) is 9.23. The molecule has 1 aliphatic rings. The van der Waals surface area contributed by atoms with Gasteiger partial charge in [-0.15, -0.1) is 0 Å². The van der Waals surface area contributed by atoms with Crippen LogP contribution in [0.15, 0.2) is 66.9 Å². The highest BCUT2D eigenvalue weighted by atomic mass is 16.6. The smallest absolute Gasteiger partial charge is 0.414 e.